The minimum absolute atomic E-state index is 0.00122. The minimum atomic E-state index is -0.725. The Bertz CT molecular complexity index is 2110. The number of carbonyl (C=O) groups is 2. The van der Waals surface area contributed by atoms with Gasteiger partial charge in [-0.15, -0.1) is 0 Å². The lowest BCUT2D eigenvalue weighted by Gasteiger charge is -2.57. The normalized spacial score (nSPS) is 33.2. The molecular formula is C43H52N4O5. The van der Waals surface area contributed by atoms with E-state index in [9.17, 15) is 9.59 Å². The average molecular weight is 705 g/mol. The number of piperidine rings is 3. The topological polar surface area (TPSA) is 99.9 Å². The Morgan fingerprint density at radius 2 is 1.85 bits per heavy atom. The average Bonchev–Trinajstić information content (AvgIpc) is 3.69. The lowest BCUT2D eigenvalue weighted by Crippen LogP contribution is -2.67. The van der Waals surface area contributed by atoms with Crippen LogP contribution in [0, 0.1) is 23.7 Å². The van der Waals surface area contributed by atoms with Crippen LogP contribution in [0.5, 0.6) is 5.75 Å². The number of fused-ring (bicyclic) bond motifs is 9. The first-order valence-corrected chi connectivity index (χ1v) is 19.3. The predicted molar refractivity (Wildman–Crippen MR) is 202 cm³/mol. The fraction of sp³-hybridized carbons (Fsp3) is 0.535. The number of carbonyl (C=O) groups excluding carboxylic acids is 2. The summed E-state index contributed by atoms with van der Waals surface area (Å²) in [6.45, 7) is 7.17. The van der Waals surface area contributed by atoms with Crippen molar-refractivity contribution < 1.29 is 23.8 Å². The molecule has 9 atom stereocenters. The van der Waals surface area contributed by atoms with Gasteiger partial charge in [-0.1, -0.05) is 43.2 Å². The third-order valence-corrected chi connectivity index (χ3v) is 14.1. The molecule has 3 saturated heterocycles. The van der Waals surface area contributed by atoms with Gasteiger partial charge in [-0.2, -0.15) is 0 Å². The number of hydrogen-bond donors (Lipinski definition) is 2. The third-order valence-electron chi connectivity index (χ3n) is 14.1. The van der Waals surface area contributed by atoms with Crippen LogP contribution in [0.15, 0.2) is 48.0 Å². The maximum Gasteiger partial charge on any atom is 0.319 e. The highest BCUT2D eigenvalue weighted by Crippen LogP contribution is 2.56. The largest absolute Gasteiger partial charge is 0.496 e. The van der Waals surface area contributed by atoms with E-state index in [1.807, 2.05) is 0 Å². The molecule has 1 unspecified atom stereocenters. The van der Waals surface area contributed by atoms with Crippen molar-refractivity contribution in [1.29, 1.82) is 0 Å². The first-order valence-electron chi connectivity index (χ1n) is 19.3. The van der Waals surface area contributed by atoms with E-state index in [-0.39, 0.29) is 41.8 Å². The van der Waals surface area contributed by atoms with Crippen molar-refractivity contribution in [3.05, 3.63) is 76.1 Å². The zero-order valence-corrected chi connectivity index (χ0v) is 31.4. The highest BCUT2D eigenvalue weighted by atomic mass is 16.5. The van der Waals surface area contributed by atoms with Gasteiger partial charge < -0.3 is 24.2 Å². The number of para-hydroxylation sites is 1. The van der Waals surface area contributed by atoms with E-state index in [0.717, 1.165) is 85.2 Å². The van der Waals surface area contributed by atoms with Crippen LogP contribution in [0.2, 0.25) is 0 Å². The maximum absolute atomic E-state index is 14.2. The summed E-state index contributed by atoms with van der Waals surface area (Å²) in [6, 6.07) is 13.2. The van der Waals surface area contributed by atoms with E-state index in [1.54, 1.807) is 14.2 Å². The third kappa shape index (κ3) is 4.67. The van der Waals surface area contributed by atoms with Crippen LogP contribution in [0.4, 0.5) is 0 Å². The van der Waals surface area contributed by atoms with Crippen LogP contribution in [0.3, 0.4) is 0 Å². The van der Waals surface area contributed by atoms with Crippen LogP contribution in [-0.4, -0.2) is 91.8 Å². The second-order valence-corrected chi connectivity index (χ2v) is 16.3. The van der Waals surface area contributed by atoms with Crippen molar-refractivity contribution in [3.63, 3.8) is 0 Å². The summed E-state index contributed by atoms with van der Waals surface area (Å²) in [5, 5.41) is 2.32. The number of hydrogen-bond acceptors (Lipinski definition) is 7. The Balaban J connectivity index is 1.27. The van der Waals surface area contributed by atoms with Gasteiger partial charge in [0.15, 0.2) is 0 Å². The summed E-state index contributed by atoms with van der Waals surface area (Å²) < 4.78 is 17.6. The Morgan fingerprint density at radius 1 is 1.02 bits per heavy atom. The predicted octanol–water partition coefficient (Wildman–Crippen LogP) is 6.49. The molecule has 6 aliphatic rings. The zero-order valence-electron chi connectivity index (χ0n) is 31.4. The van der Waals surface area contributed by atoms with E-state index >= 15 is 0 Å². The molecule has 9 heteroatoms. The number of nitrogens with zero attached hydrogens (tertiary/aromatic N) is 2. The number of methoxy groups -OCH3 is 3. The standard InChI is InChI=1S/C43H52N4O5/c1-7-24-15-23-20-43(42(49)52-6)39-27(13-14-47(21-23)40(24)43)29-19-36(50-4)30(17-34(29)45-39)31-16-28-25(8-2)22-46(3)35(37(28)41(48)51-5)18-32-26-11-9-10-12-33(26)44-38(31)32/h8-12,17,19,23-24,28,31,35,37,40,44-45H,7,13-16,18,20-22H2,1-6H3/b25-8+/t23-,24+,28+,31-,35+,37-,40+,43-/m1/s1. The molecular weight excluding hydrogens is 652 g/mol. The summed E-state index contributed by atoms with van der Waals surface area (Å²) in [4.78, 5) is 40.8. The second kappa shape index (κ2) is 12.5. The molecule has 2 N–H and O–H groups in total. The first kappa shape index (κ1) is 33.7. The van der Waals surface area contributed by atoms with Gasteiger partial charge in [-0.3, -0.25) is 19.4 Å². The van der Waals surface area contributed by atoms with Gasteiger partial charge in [0.1, 0.15) is 11.2 Å². The molecule has 4 aliphatic heterocycles. The smallest absolute Gasteiger partial charge is 0.319 e. The number of allylic oxidation sites excluding steroid dienone is 1. The Hall–Kier alpha value is -4.08. The molecule has 2 aromatic heterocycles. The molecule has 0 radical (unpaired) electrons. The van der Waals surface area contributed by atoms with Crippen LogP contribution in [0.25, 0.3) is 21.8 Å². The molecule has 0 spiro atoms. The number of nitrogens with one attached hydrogen (secondary N) is 2. The molecule has 9 nitrogen and oxygen atoms in total. The van der Waals surface area contributed by atoms with Gasteiger partial charge in [-0.25, -0.2) is 0 Å². The number of likely N-dealkylation sites (tertiary alicyclic amines) is 1. The number of aromatic amines is 2. The lowest BCUT2D eigenvalue weighted by molar-refractivity contribution is -0.162. The van der Waals surface area contributed by atoms with Gasteiger partial charge in [0.2, 0.25) is 0 Å². The van der Waals surface area contributed by atoms with Gasteiger partial charge >= 0.3 is 11.9 Å². The van der Waals surface area contributed by atoms with E-state index < -0.39 is 5.41 Å². The van der Waals surface area contributed by atoms with Gasteiger partial charge in [0.25, 0.3) is 0 Å². The molecule has 1 saturated carbocycles. The monoisotopic (exact) mass is 704 g/mol. The number of benzene rings is 2. The van der Waals surface area contributed by atoms with Crippen molar-refractivity contribution >= 4 is 33.7 Å². The molecule has 274 valence electrons. The summed E-state index contributed by atoms with van der Waals surface area (Å²) in [5.41, 5.74) is 8.48. The number of likely N-dealkylation sites (N-methyl/N-ethyl adjacent to an activating group) is 1. The van der Waals surface area contributed by atoms with Crippen molar-refractivity contribution in [2.75, 3.05) is 48.0 Å². The summed E-state index contributed by atoms with van der Waals surface area (Å²) in [7, 11) is 6.99. The molecule has 6 bridgehead atoms. The van der Waals surface area contributed by atoms with Crippen LogP contribution in [0.1, 0.15) is 73.5 Å². The first-order chi connectivity index (χ1) is 25.3. The molecule has 4 aromatic rings. The minimum Gasteiger partial charge on any atom is -0.496 e. The van der Waals surface area contributed by atoms with Crippen LogP contribution < -0.4 is 4.74 Å². The van der Waals surface area contributed by atoms with Crippen molar-refractivity contribution in [1.82, 2.24) is 19.8 Å². The zero-order chi connectivity index (χ0) is 36.1. The Morgan fingerprint density at radius 3 is 2.60 bits per heavy atom. The van der Waals surface area contributed by atoms with Gasteiger partial charge in [0.05, 0.1) is 27.2 Å². The van der Waals surface area contributed by atoms with E-state index in [0.29, 0.717) is 11.8 Å². The fourth-order valence-electron chi connectivity index (χ4n) is 12.1. The molecule has 10 rings (SSSR count). The molecule has 0 amide bonds. The molecule has 6 heterocycles. The second-order valence-electron chi connectivity index (χ2n) is 16.3. The quantitative estimate of drug-likeness (QED) is 0.181. The van der Waals surface area contributed by atoms with Gasteiger partial charge in [0, 0.05) is 76.4 Å². The van der Waals surface area contributed by atoms with E-state index in [4.69, 9.17) is 14.2 Å². The highest BCUT2D eigenvalue weighted by Gasteiger charge is 2.62. The summed E-state index contributed by atoms with van der Waals surface area (Å²) >= 11 is 0. The Labute approximate surface area is 306 Å². The maximum atomic E-state index is 14.2. The van der Waals surface area contributed by atoms with E-state index in [1.165, 1.54) is 41.3 Å². The number of aromatic nitrogens is 2. The molecule has 2 aliphatic carbocycles. The Kier molecular flexibility index (Phi) is 8.12. The number of rotatable bonds is 5. The molecule has 4 fully saturated rings. The SMILES string of the molecule is C/C=C1\CN(C)[C@H]2Cc3c([nH]c4ccccc34)[C@@H](c3cc4[nH]c5c(c4cc3OC)CCN3C[C@@H]4C[C@H](CC)[C@H]3[C@@]5(C(=O)OC)C4)C[C@@H]1[C@H]2C(=O)OC. The number of esters is 2. The van der Waals surface area contributed by atoms with Crippen molar-refractivity contribution in [2.45, 2.75) is 75.8 Å². The summed E-state index contributed by atoms with van der Waals surface area (Å²) in [6.07, 6.45) is 7.59. The number of ether oxygens (including phenoxy) is 3. The highest BCUT2D eigenvalue weighted by molar-refractivity contribution is 5.93. The van der Waals surface area contributed by atoms with Crippen molar-refractivity contribution in [2.24, 2.45) is 23.7 Å². The van der Waals surface area contributed by atoms with Crippen LogP contribution >= 0.6 is 0 Å². The fourth-order valence-corrected chi connectivity index (χ4v) is 12.1. The molecule has 52 heavy (non-hydrogen) atoms. The lowest BCUT2D eigenvalue weighted by atomic mass is 9.56. The summed E-state index contributed by atoms with van der Waals surface area (Å²) in [5.74, 6) is 1.11. The number of H-pyrrole nitrogens is 2. The van der Waals surface area contributed by atoms with Crippen LogP contribution in [-0.2, 0) is 37.3 Å². The van der Waals surface area contributed by atoms with E-state index in [2.05, 4.69) is 83.1 Å². The molecule has 2 aromatic carbocycles. The van der Waals surface area contributed by atoms with Gasteiger partial charge in [-0.05, 0) is 93.2 Å². The van der Waals surface area contributed by atoms with Crippen molar-refractivity contribution in [3.8, 4) is 5.75 Å².